The third-order valence-electron chi connectivity index (χ3n) is 2.32. The summed E-state index contributed by atoms with van der Waals surface area (Å²) in [6.07, 6.45) is -4.31. The van der Waals surface area contributed by atoms with Gasteiger partial charge in [-0.2, -0.15) is 13.2 Å². The first-order valence-electron chi connectivity index (χ1n) is 4.99. The van der Waals surface area contributed by atoms with E-state index in [1.165, 1.54) is 6.07 Å². The van der Waals surface area contributed by atoms with Gasteiger partial charge >= 0.3 is 6.18 Å². The summed E-state index contributed by atoms with van der Waals surface area (Å²) in [4.78, 5) is 0. The van der Waals surface area contributed by atoms with Crippen LogP contribution in [-0.4, -0.2) is 12.6 Å². The van der Waals surface area contributed by atoms with Crippen molar-refractivity contribution in [2.45, 2.75) is 26.1 Å². The molecule has 0 aromatic heterocycles. The van der Waals surface area contributed by atoms with E-state index in [4.69, 9.17) is 5.73 Å². The Morgan fingerprint density at radius 2 is 2.00 bits per heavy atom. The van der Waals surface area contributed by atoms with Gasteiger partial charge in [-0.3, -0.25) is 0 Å². The second-order valence-corrected chi connectivity index (χ2v) is 3.81. The number of hydrogen-bond donors (Lipinski definition) is 2. The number of nitrogens with two attached hydrogens (primary N) is 1. The molecule has 1 atom stereocenters. The highest BCUT2D eigenvalue weighted by molar-refractivity contribution is 5.53. The van der Waals surface area contributed by atoms with E-state index in [0.29, 0.717) is 12.2 Å². The van der Waals surface area contributed by atoms with Crippen LogP contribution >= 0.6 is 0 Å². The molecule has 0 aliphatic carbocycles. The van der Waals surface area contributed by atoms with Crippen molar-refractivity contribution in [2.24, 2.45) is 5.73 Å². The average molecular weight is 232 g/mol. The Balaban J connectivity index is 3.00. The number of halogens is 3. The van der Waals surface area contributed by atoms with Crippen LogP contribution < -0.4 is 11.1 Å². The molecule has 3 N–H and O–H groups in total. The second-order valence-electron chi connectivity index (χ2n) is 3.81. The summed E-state index contributed by atoms with van der Waals surface area (Å²) in [5.41, 5.74) is 6.01. The van der Waals surface area contributed by atoms with E-state index in [2.05, 4.69) is 5.32 Å². The van der Waals surface area contributed by atoms with Gasteiger partial charge < -0.3 is 11.1 Å². The van der Waals surface area contributed by atoms with Crippen LogP contribution in [0.15, 0.2) is 18.2 Å². The van der Waals surface area contributed by atoms with Crippen LogP contribution in [-0.2, 0) is 6.18 Å². The first kappa shape index (κ1) is 12.8. The minimum absolute atomic E-state index is 0.0535. The van der Waals surface area contributed by atoms with E-state index in [0.717, 1.165) is 17.7 Å². The lowest BCUT2D eigenvalue weighted by atomic mass is 10.1. The molecule has 1 rings (SSSR count). The number of anilines is 1. The lowest BCUT2D eigenvalue weighted by Gasteiger charge is -2.17. The molecule has 0 amide bonds. The Kier molecular flexibility index (Phi) is 3.80. The molecule has 5 heteroatoms. The fourth-order valence-corrected chi connectivity index (χ4v) is 1.28. The van der Waals surface area contributed by atoms with Gasteiger partial charge in [-0.05, 0) is 31.5 Å². The molecule has 0 spiro atoms. The molecular formula is C11H15F3N2. The van der Waals surface area contributed by atoms with E-state index in [1.54, 1.807) is 6.92 Å². The molecule has 0 fully saturated rings. The summed E-state index contributed by atoms with van der Waals surface area (Å²) in [5, 5.41) is 2.95. The normalized spacial score (nSPS) is 13.6. The molecule has 0 heterocycles. The van der Waals surface area contributed by atoms with Crippen LogP contribution in [0.25, 0.3) is 0 Å². The summed E-state index contributed by atoms with van der Waals surface area (Å²) in [6, 6.07) is 3.59. The Hall–Kier alpha value is -1.23. The lowest BCUT2D eigenvalue weighted by Crippen LogP contribution is -2.25. The zero-order valence-electron chi connectivity index (χ0n) is 9.23. The van der Waals surface area contributed by atoms with Gasteiger partial charge in [-0.15, -0.1) is 0 Å². The van der Waals surface area contributed by atoms with Crippen molar-refractivity contribution < 1.29 is 13.2 Å². The van der Waals surface area contributed by atoms with Crippen molar-refractivity contribution in [3.8, 4) is 0 Å². The zero-order chi connectivity index (χ0) is 12.3. The Morgan fingerprint density at radius 1 is 1.38 bits per heavy atom. The minimum Gasteiger partial charge on any atom is -0.381 e. The van der Waals surface area contributed by atoms with Crippen molar-refractivity contribution in [2.75, 3.05) is 11.9 Å². The molecule has 1 unspecified atom stereocenters. The fourth-order valence-electron chi connectivity index (χ4n) is 1.28. The number of benzene rings is 1. The van der Waals surface area contributed by atoms with Crippen LogP contribution in [0.1, 0.15) is 18.1 Å². The average Bonchev–Trinajstić information content (AvgIpc) is 2.19. The molecule has 0 aliphatic rings. The molecule has 16 heavy (non-hydrogen) atoms. The topological polar surface area (TPSA) is 38.0 Å². The predicted molar refractivity (Wildman–Crippen MR) is 58.3 cm³/mol. The number of nitrogens with one attached hydrogen (secondary N) is 1. The smallest absolute Gasteiger partial charge is 0.381 e. The van der Waals surface area contributed by atoms with Crippen LogP contribution in [0.4, 0.5) is 18.9 Å². The van der Waals surface area contributed by atoms with Crippen LogP contribution in [0.3, 0.4) is 0 Å². The van der Waals surface area contributed by atoms with Crippen LogP contribution in [0.5, 0.6) is 0 Å². The Morgan fingerprint density at radius 3 is 2.50 bits per heavy atom. The SMILES string of the molecule is Cc1ccc(C(F)(F)F)cc1NC(C)CN. The van der Waals surface area contributed by atoms with Crippen LogP contribution in [0, 0.1) is 6.92 Å². The number of rotatable bonds is 3. The zero-order valence-corrected chi connectivity index (χ0v) is 9.23. The number of aryl methyl sites for hydroxylation is 1. The molecule has 0 saturated carbocycles. The molecule has 0 aliphatic heterocycles. The monoisotopic (exact) mass is 232 g/mol. The number of alkyl halides is 3. The summed E-state index contributed by atoms with van der Waals surface area (Å²) in [5.74, 6) is 0. The van der Waals surface area contributed by atoms with Gasteiger partial charge in [-0.1, -0.05) is 6.07 Å². The van der Waals surface area contributed by atoms with Gasteiger partial charge in [0.05, 0.1) is 5.56 Å². The lowest BCUT2D eigenvalue weighted by molar-refractivity contribution is -0.137. The first-order chi connectivity index (χ1) is 7.34. The molecule has 1 aromatic rings. The molecule has 0 bridgehead atoms. The summed E-state index contributed by atoms with van der Waals surface area (Å²) in [7, 11) is 0. The standard InChI is InChI=1S/C11H15F3N2/c1-7-3-4-9(11(12,13)14)5-10(7)16-8(2)6-15/h3-5,8,16H,6,15H2,1-2H3. The Bertz CT molecular complexity index is 361. The van der Waals surface area contributed by atoms with Gasteiger partial charge in [0.1, 0.15) is 0 Å². The maximum absolute atomic E-state index is 12.5. The summed E-state index contributed by atoms with van der Waals surface area (Å²) < 4.78 is 37.4. The van der Waals surface area contributed by atoms with Crippen LogP contribution in [0.2, 0.25) is 0 Å². The highest BCUT2D eigenvalue weighted by atomic mass is 19.4. The first-order valence-corrected chi connectivity index (χ1v) is 4.99. The molecular weight excluding hydrogens is 217 g/mol. The molecule has 1 aromatic carbocycles. The molecule has 90 valence electrons. The third kappa shape index (κ3) is 3.13. The maximum Gasteiger partial charge on any atom is 0.416 e. The van der Waals surface area contributed by atoms with E-state index in [1.807, 2.05) is 6.92 Å². The van der Waals surface area contributed by atoms with Gasteiger partial charge in [0.15, 0.2) is 0 Å². The summed E-state index contributed by atoms with van der Waals surface area (Å²) in [6.45, 7) is 3.95. The van der Waals surface area contributed by atoms with Crippen molar-refractivity contribution in [3.63, 3.8) is 0 Å². The molecule has 0 radical (unpaired) electrons. The minimum atomic E-state index is -4.31. The number of hydrogen-bond acceptors (Lipinski definition) is 2. The highest BCUT2D eigenvalue weighted by Gasteiger charge is 2.30. The third-order valence-corrected chi connectivity index (χ3v) is 2.32. The summed E-state index contributed by atoms with van der Waals surface area (Å²) >= 11 is 0. The van der Waals surface area contributed by atoms with Crippen molar-refractivity contribution >= 4 is 5.69 Å². The predicted octanol–water partition coefficient (Wildman–Crippen LogP) is 2.77. The quantitative estimate of drug-likeness (QED) is 0.841. The van der Waals surface area contributed by atoms with E-state index < -0.39 is 11.7 Å². The van der Waals surface area contributed by atoms with Gasteiger partial charge in [0.25, 0.3) is 0 Å². The van der Waals surface area contributed by atoms with Gasteiger partial charge in [0, 0.05) is 18.3 Å². The maximum atomic E-state index is 12.5. The molecule has 2 nitrogen and oxygen atoms in total. The van der Waals surface area contributed by atoms with Crippen molar-refractivity contribution in [3.05, 3.63) is 29.3 Å². The Labute approximate surface area is 92.6 Å². The second kappa shape index (κ2) is 4.74. The van der Waals surface area contributed by atoms with Gasteiger partial charge in [0.2, 0.25) is 0 Å². The van der Waals surface area contributed by atoms with Crippen molar-refractivity contribution in [1.82, 2.24) is 0 Å². The van der Waals surface area contributed by atoms with E-state index >= 15 is 0 Å². The van der Waals surface area contributed by atoms with E-state index in [-0.39, 0.29) is 6.04 Å². The van der Waals surface area contributed by atoms with E-state index in [9.17, 15) is 13.2 Å². The van der Waals surface area contributed by atoms with Crippen molar-refractivity contribution in [1.29, 1.82) is 0 Å². The van der Waals surface area contributed by atoms with Gasteiger partial charge in [-0.25, -0.2) is 0 Å². The highest BCUT2D eigenvalue weighted by Crippen LogP contribution is 2.32. The largest absolute Gasteiger partial charge is 0.416 e. The fraction of sp³-hybridized carbons (Fsp3) is 0.455. The molecule has 0 saturated heterocycles.